The van der Waals surface area contributed by atoms with E-state index in [0.717, 1.165) is 16.8 Å². The molecule has 1 N–H and O–H groups in total. The standard InChI is InChI=1S/C19H25N3O3/c1-11(2)13-6-8-14(9-7-13)18-16-12(3)20-21-17(16)19(23)22(18)10-15(24-4)25-5/h6-9,11,15,18H,10H2,1-5H3,(H,20,21). The zero-order chi connectivity index (χ0) is 18.1. The van der Waals surface area contributed by atoms with Crippen molar-refractivity contribution in [3.05, 3.63) is 52.3 Å². The molecule has 6 heteroatoms. The van der Waals surface area contributed by atoms with Gasteiger partial charge in [0, 0.05) is 25.5 Å². The first-order valence-corrected chi connectivity index (χ1v) is 8.49. The van der Waals surface area contributed by atoms with Crippen LogP contribution in [0.3, 0.4) is 0 Å². The Hall–Kier alpha value is -2.18. The number of fused-ring (bicyclic) bond motifs is 1. The Bertz CT molecular complexity index is 748. The van der Waals surface area contributed by atoms with E-state index in [-0.39, 0.29) is 11.9 Å². The lowest BCUT2D eigenvalue weighted by atomic mass is 9.95. The van der Waals surface area contributed by atoms with Crippen molar-refractivity contribution >= 4 is 5.91 Å². The number of benzene rings is 1. The van der Waals surface area contributed by atoms with Gasteiger partial charge in [0.2, 0.25) is 0 Å². The molecule has 25 heavy (non-hydrogen) atoms. The fraction of sp³-hybridized carbons (Fsp3) is 0.474. The van der Waals surface area contributed by atoms with Crippen LogP contribution in [-0.4, -0.2) is 48.1 Å². The first-order valence-electron chi connectivity index (χ1n) is 8.49. The number of rotatable bonds is 6. The molecule has 0 radical (unpaired) electrons. The highest BCUT2D eigenvalue weighted by Crippen LogP contribution is 2.39. The summed E-state index contributed by atoms with van der Waals surface area (Å²) in [5.74, 6) is 0.365. The van der Waals surface area contributed by atoms with E-state index in [1.54, 1.807) is 19.1 Å². The molecule has 2 heterocycles. The SMILES string of the molecule is COC(CN1C(=O)c2n[nH]c(C)c2C1c1ccc(C(C)C)cc1)OC. The minimum absolute atomic E-state index is 0.101. The van der Waals surface area contributed by atoms with Gasteiger partial charge < -0.3 is 14.4 Å². The third-order valence-corrected chi connectivity index (χ3v) is 4.83. The third kappa shape index (κ3) is 3.07. The molecule has 0 spiro atoms. The summed E-state index contributed by atoms with van der Waals surface area (Å²) in [4.78, 5) is 14.6. The molecule has 1 aliphatic rings. The molecule has 134 valence electrons. The molecular weight excluding hydrogens is 318 g/mol. The van der Waals surface area contributed by atoms with E-state index in [4.69, 9.17) is 9.47 Å². The maximum absolute atomic E-state index is 12.9. The van der Waals surface area contributed by atoms with E-state index in [2.05, 4.69) is 48.3 Å². The zero-order valence-electron chi connectivity index (χ0n) is 15.4. The fourth-order valence-electron chi connectivity index (χ4n) is 3.35. The van der Waals surface area contributed by atoms with Crippen molar-refractivity contribution in [1.29, 1.82) is 0 Å². The van der Waals surface area contributed by atoms with Crippen molar-refractivity contribution in [1.82, 2.24) is 15.1 Å². The summed E-state index contributed by atoms with van der Waals surface area (Å²) < 4.78 is 10.6. The Balaban J connectivity index is 2.01. The third-order valence-electron chi connectivity index (χ3n) is 4.83. The first-order chi connectivity index (χ1) is 12.0. The molecule has 0 fully saturated rings. The fourth-order valence-corrected chi connectivity index (χ4v) is 3.35. The number of carbonyl (C=O) groups is 1. The van der Waals surface area contributed by atoms with Gasteiger partial charge in [-0.25, -0.2) is 0 Å². The van der Waals surface area contributed by atoms with Crippen molar-refractivity contribution in [2.45, 2.75) is 39.0 Å². The molecule has 1 unspecified atom stereocenters. The summed E-state index contributed by atoms with van der Waals surface area (Å²) >= 11 is 0. The van der Waals surface area contributed by atoms with Crippen LogP contribution < -0.4 is 0 Å². The largest absolute Gasteiger partial charge is 0.354 e. The Morgan fingerprint density at radius 1 is 1.20 bits per heavy atom. The summed E-state index contributed by atoms with van der Waals surface area (Å²) in [6.07, 6.45) is -0.477. The molecule has 1 aromatic carbocycles. The van der Waals surface area contributed by atoms with E-state index < -0.39 is 6.29 Å². The second-order valence-corrected chi connectivity index (χ2v) is 6.69. The normalized spacial score (nSPS) is 17.0. The molecule has 0 saturated carbocycles. The van der Waals surface area contributed by atoms with Crippen LogP contribution in [0.4, 0.5) is 0 Å². The Morgan fingerprint density at radius 3 is 2.40 bits per heavy atom. The number of ether oxygens (including phenoxy) is 2. The summed E-state index contributed by atoms with van der Waals surface area (Å²) in [5.41, 5.74) is 4.67. The van der Waals surface area contributed by atoms with Crippen LogP contribution in [0.25, 0.3) is 0 Å². The van der Waals surface area contributed by atoms with Gasteiger partial charge in [0.1, 0.15) is 0 Å². The van der Waals surface area contributed by atoms with Crippen molar-refractivity contribution in [2.24, 2.45) is 0 Å². The van der Waals surface area contributed by atoms with E-state index in [1.807, 2.05) is 6.92 Å². The molecule has 3 rings (SSSR count). The number of hydrogen-bond acceptors (Lipinski definition) is 4. The van der Waals surface area contributed by atoms with Crippen LogP contribution in [-0.2, 0) is 9.47 Å². The first kappa shape index (κ1) is 17.6. The number of amides is 1. The van der Waals surface area contributed by atoms with Crippen LogP contribution in [0.5, 0.6) is 0 Å². The summed E-state index contributed by atoms with van der Waals surface area (Å²) in [7, 11) is 3.15. The maximum atomic E-state index is 12.9. The minimum atomic E-state index is -0.477. The number of carbonyl (C=O) groups excluding carboxylic acids is 1. The van der Waals surface area contributed by atoms with Gasteiger partial charge in [-0.3, -0.25) is 9.89 Å². The lowest BCUT2D eigenvalue weighted by Crippen LogP contribution is -2.38. The Morgan fingerprint density at radius 2 is 1.84 bits per heavy atom. The molecule has 0 bridgehead atoms. The van der Waals surface area contributed by atoms with Crippen LogP contribution in [0.2, 0.25) is 0 Å². The smallest absolute Gasteiger partial charge is 0.275 e. The van der Waals surface area contributed by atoms with Gasteiger partial charge in [-0.15, -0.1) is 0 Å². The van der Waals surface area contributed by atoms with Gasteiger partial charge in [-0.2, -0.15) is 5.10 Å². The molecule has 0 aliphatic carbocycles. The number of H-pyrrole nitrogens is 1. The second kappa shape index (κ2) is 6.98. The minimum Gasteiger partial charge on any atom is -0.354 e. The molecule has 1 aliphatic heterocycles. The molecular formula is C19H25N3O3. The predicted molar refractivity (Wildman–Crippen MR) is 94.5 cm³/mol. The van der Waals surface area contributed by atoms with Gasteiger partial charge in [-0.05, 0) is 24.0 Å². The molecule has 1 aromatic heterocycles. The Kier molecular flexibility index (Phi) is 4.92. The molecule has 6 nitrogen and oxygen atoms in total. The molecule has 1 amide bonds. The van der Waals surface area contributed by atoms with Crippen LogP contribution >= 0.6 is 0 Å². The lowest BCUT2D eigenvalue weighted by Gasteiger charge is -2.29. The second-order valence-electron chi connectivity index (χ2n) is 6.69. The number of aryl methyl sites for hydroxylation is 1. The number of aromatic nitrogens is 2. The summed E-state index contributed by atoms with van der Waals surface area (Å²) in [6, 6.07) is 8.25. The number of nitrogens with one attached hydrogen (secondary N) is 1. The monoisotopic (exact) mass is 343 g/mol. The van der Waals surface area contributed by atoms with Gasteiger partial charge >= 0.3 is 0 Å². The van der Waals surface area contributed by atoms with E-state index in [0.29, 0.717) is 18.2 Å². The lowest BCUT2D eigenvalue weighted by molar-refractivity contribution is -0.113. The molecule has 2 aromatic rings. The topological polar surface area (TPSA) is 67.5 Å². The summed E-state index contributed by atoms with van der Waals surface area (Å²) in [6.45, 7) is 6.63. The summed E-state index contributed by atoms with van der Waals surface area (Å²) in [5, 5.41) is 7.15. The highest BCUT2D eigenvalue weighted by Gasteiger charge is 2.42. The van der Waals surface area contributed by atoms with E-state index in [1.165, 1.54) is 5.56 Å². The van der Waals surface area contributed by atoms with Crippen molar-refractivity contribution < 1.29 is 14.3 Å². The zero-order valence-corrected chi connectivity index (χ0v) is 15.4. The quantitative estimate of drug-likeness (QED) is 0.819. The van der Waals surface area contributed by atoms with Gasteiger partial charge in [0.15, 0.2) is 12.0 Å². The van der Waals surface area contributed by atoms with Crippen molar-refractivity contribution in [2.75, 3.05) is 20.8 Å². The van der Waals surface area contributed by atoms with E-state index >= 15 is 0 Å². The Labute approximate surface area is 148 Å². The van der Waals surface area contributed by atoms with Crippen LogP contribution in [0.15, 0.2) is 24.3 Å². The van der Waals surface area contributed by atoms with Gasteiger partial charge in [-0.1, -0.05) is 38.1 Å². The molecule has 1 atom stereocenters. The average molecular weight is 343 g/mol. The molecule has 0 saturated heterocycles. The van der Waals surface area contributed by atoms with Gasteiger partial charge in [0.25, 0.3) is 5.91 Å². The number of aromatic amines is 1. The average Bonchev–Trinajstić information content (AvgIpc) is 3.11. The maximum Gasteiger partial charge on any atom is 0.275 e. The highest BCUT2D eigenvalue weighted by atomic mass is 16.7. The predicted octanol–water partition coefficient (Wildman–Crippen LogP) is 3.01. The van der Waals surface area contributed by atoms with Crippen molar-refractivity contribution in [3.63, 3.8) is 0 Å². The van der Waals surface area contributed by atoms with Crippen LogP contribution in [0, 0.1) is 6.92 Å². The van der Waals surface area contributed by atoms with Gasteiger partial charge in [0.05, 0.1) is 12.6 Å². The number of hydrogen-bond donors (Lipinski definition) is 1. The number of nitrogens with zero attached hydrogens (tertiary/aromatic N) is 2. The van der Waals surface area contributed by atoms with E-state index in [9.17, 15) is 4.79 Å². The van der Waals surface area contributed by atoms with Crippen molar-refractivity contribution in [3.8, 4) is 0 Å². The van der Waals surface area contributed by atoms with Crippen LogP contribution in [0.1, 0.15) is 58.7 Å². The highest BCUT2D eigenvalue weighted by molar-refractivity contribution is 5.98. The number of methoxy groups -OCH3 is 2.